The number of para-hydroxylation sites is 1. The molecule has 0 unspecified atom stereocenters. The number of ether oxygens (including phenoxy) is 2. The van der Waals surface area contributed by atoms with Crippen molar-refractivity contribution >= 4 is 58.1 Å². The molecule has 2 aromatic rings. The van der Waals surface area contributed by atoms with E-state index in [0.29, 0.717) is 39.5 Å². The van der Waals surface area contributed by atoms with E-state index in [1.807, 2.05) is 0 Å². The summed E-state index contributed by atoms with van der Waals surface area (Å²) in [7, 11) is 1.47. The molecule has 9 nitrogen and oxygen atoms in total. The van der Waals surface area contributed by atoms with E-state index >= 15 is 0 Å². The highest BCUT2D eigenvalue weighted by atomic mass is 35.5. The Bertz CT molecular complexity index is 1120. The van der Waals surface area contributed by atoms with E-state index in [2.05, 4.69) is 5.32 Å². The molecule has 3 N–H and O–H groups in total. The zero-order valence-electron chi connectivity index (χ0n) is 16.8. The van der Waals surface area contributed by atoms with Gasteiger partial charge in [-0.25, -0.2) is 0 Å². The molecule has 0 saturated carbocycles. The summed E-state index contributed by atoms with van der Waals surface area (Å²) in [5, 5.41) is 2.30. The second-order valence-corrected chi connectivity index (χ2v) is 7.86. The van der Waals surface area contributed by atoms with Gasteiger partial charge in [-0.2, -0.15) is 0 Å². The van der Waals surface area contributed by atoms with Crippen molar-refractivity contribution in [3.05, 3.63) is 58.0 Å². The lowest BCUT2D eigenvalue weighted by atomic mass is 10.2. The van der Waals surface area contributed by atoms with Crippen LogP contribution in [0.5, 0.6) is 11.5 Å². The van der Waals surface area contributed by atoms with Crippen LogP contribution in [0.1, 0.15) is 5.56 Å². The first-order valence-electron chi connectivity index (χ1n) is 9.17. The first-order chi connectivity index (χ1) is 15.3. The minimum atomic E-state index is -0.649. The van der Waals surface area contributed by atoms with E-state index in [-0.39, 0.29) is 11.5 Å². The SMILES string of the molecule is COc1ccc(NC(=O)CN2C(=O)S/C(=C/c3ccccc3OCC(N)=O)C2=O)cc1Cl. The van der Waals surface area contributed by atoms with Crippen LogP contribution in [-0.4, -0.2) is 48.1 Å². The summed E-state index contributed by atoms with van der Waals surface area (Å²) in [4.78, 5) is 49.3. The number of nitrogens with one attached hydrogen (secondary N) is 1. The fraction of sp³-hybridized carbons (Fsp3) is 0.143. The predicted molar refractivity (Wildman–Crippen MR) is 120 cm³/mol. The molecule has 1 fully saturated rings. The van der Waals surface area contributed by atoms with Crippen LogP contribution in [0.25, 0.3) is 6.08 Å². The third-order valence-corrected chi connectivity index (χ3v) is 5.39. The van der Waals surface area contributed by atoms with Crippen molar-refractivity contribution in [3.63, 3.8) is 0 Å². The number of primary amides is 1. The molecule has 1 aliphatic heterocycles. The first-order valence-corrected chi connectivity index (χ1v) is 10.4. The lowest BCUT2D eigenvalue weighted by molar-refractivity contribution is -0.127. The zero-order valence-corrected chi connectivity index (χ0v) is 18.4. The van der Waals surface area contributed by atoms with Crippen LogP contribution in [-0.2, 0) is 14.4 Å². The van der Waals surface area contributed by atoms with Gasteiger partial charge in [-0.1, -0.05) is 29.8 Å². The number of anilines is 1. The number of halogens is 1. The van der Waals surface area contributed by atoms with Crippen LogP contribution in [0, 0.1) is 0 Å². The second kappa shape index (κ2) is 10.2. The van der Waals surface area contributed by atoms with Gasteiger partial charge in [0, 0.05) is 11.3 Å². The Morgan fingerprint density at radius 3 is 2.62 bits per heavy atom. The Morgan fingerprint density at radius 2 is 1.94 bits per heavy atom. The average molecular weight is 476 g/mol. The highest BCUT2D eigenvalue weighted by Crippen LogP contribution is 2.34. The van der Waals surface area contributed by atoms with Gasteiger partial charge in [0.2, 0.25) is 5.91 Å². The molecule has 0 aliphatic carbocycles. The van der Waals surface area contributed by atoms with Gasteiger partial charge in [-0.15, -0.1) is 0 Å². The number of hydrogen-bond donors (Lipinski definition) is 2. The summed E-state index contributed by atoms with van der Waals surface area (Å²) in [6.07, 6.45) is 1.46. The van der Waals surface area contributed by atoms with Crippen molar-refractivity contribution in [2.24, 2.45) is 5.73 Å². The Kier molecular flexibility index (Phi) is 7.39. The van der Waals surface area contributed by atoms with Crippen molar-refractivity contribution in [3.8, 4) is 11.5 Å². The predicted octanol–water partition coefficient (Wildman–Crippen LogP) is 2.89. The van der Waals surface area contributed by atoms with Crippen LogP contribution < -0.4 is 20.5 Å². The van der Waals surface area contributed by atoms with Crippen LogP contribution >= 0.6 is 23.4 Å². The maximum Gasteiger partial charge on any atom is 0.294 e. The van der Waals surface area contributed by atoms with Crippen LogP contribution in [0.3, 0.4) is 0 Å². The fourth-order valence-electron chi connectivity index (χ4n) is 2.75. The number of rotatable bonds is 8. The number of hydrogen-bond acceptors (Lipinski definition) is 7. The van der Waals surface area contributed by atoms with E-state index < -0.39 is 29.5 Å². The van der Waals surface area contributed by atoms with Crippen LogP contribution in [0.2, 0.25) is 5.02 Å². The Hall–Kier alpha value is -3.50. The summed E-state index contributed by atoms with van der Waals surface area (Å²) in [5.74, 6) is -1.06. The van der Waals surface area contributed by atoms with E-state index in [1.54, 1.807) is 36.4 Å². The van der Waals surface area contributed by atoms with Gasteiger partial charge < -0.3 is 20.5 Å². The van der Waals surface area contributed by atoms with Crippen LogP contribution in [0.4, 0.5) is 10.5 Å². The maximum atomic E-state index is 12.7. The number of nitrogens with two attached hydrogens (primary N) is 1. The molecule has 1 aliphatic rings. The number of thioether (sulfide) groups is 1. The number of carbonyl (C=O) groups is 4. The minimum absolute atomic E-state index is 0.116. The summed E-state index contributed by atoms with van der Waals surface area (Å²) in [6.45, 7) is -0.798. The number of nitrogens with zero attached hydrogens (tertiary/aromatic N) is 1. The number of imide groups is 1. The van der Waals surface area contributed by atoms with E-state index in [1.165, 1.54) is 19.3 Å². The fourth-order valence-corrected chi connectivity index (χ4v) is 3.83. The first kappa shape index (κ1) is 23.2. The van der Waals surface area contributed by atoms with Crippen molar-refractivity contribution in [1.29, 1.82) is 0 Å². The van der Waals surface area contributed by atoms with Gasteiger partial charge in [0.15, 0.2) is 6.61 Å². The largest absolute Gasteiger partial charge is 0.495 e. The van der Waals surface area contributed by atoms with Crippen molar-refractivity contribution in [2.45, 2.75) is 0 Å². The molecule has 32 heavy (non-hydrogen) atoms. The summed E-state index contributed by atoms with van der Waals surface area (Å²) >= 11 is 6.74. The number of methoxy groups -OCH3 is 1. The van der Waals surface area contributed by atoms with E-state index in [0.717, 1.165) is 4.90 Å². The average Bonchev–Trinajstić information content (AvgIpc) is 3.00. The van der Waals surface area contributed by atoms with Crippen molar-refractivity contribution < 1.29 is 28.7 Å². The molecule has 0 radical (unpaired) electrons. The van der Waals surface area contributed by atoms with Gasteiger partial charge in [-0.05, 0) is 42.1 Å². The highest BCUT2D eigenvalue weighted by molar-refractivity contribution is 8.18. The molecule has 0 aromatic heterocycles. The molecular formula is C21H18ClN3O6S. The molecule has 1 saturated heterocycles. The second-order valence-electron chi connectivity index (χ2n) is 6.46. The maximum absolute atomic E-state index is 12.7. The Balaban J connectivity index is 1.70. The molecule has 0 atom stereocenters. The molecule has 1 heterocycles. The summed E-state index contributed by atoms with van der Waals surface area (Å²) < 4.78 is 10.4. The number of amides is 4. The van der Waals surface area contributed by atoms with Crippen molar-refractivity contribution in [1.82, 2.24) is 4.90 Å². The van der Waals surface area contributed by atoms with Gasteiger partial charge in [0.1, 0.15) is 18.0 Å². The van der Waals surface area contributed by atoms with Gasteiger partial charge in [0.05, 0.1) is 17.0 Å². The minimum Gasteiger partial charge on any atom is -0.495 e. The van der Waals surface area contributed by atoms with Crippen molar-refractivity contribution in [2.75, 3.05) is 25.6 Å². The lowest BCUT2D eigenvalue weighted by Gasteiger charge is -2.13. The van der Waals surface area contributed by atoms with Gasteiger partial charge >= 0.3 is 0 Å². The molecule has 166 valence electrons. The van der Waals surface area contributed by atoms with Gasteiger partial charge in [-0.3, -0.25) is 24.1 Å². The van der Waals surface area contributed by atoms with Gasteiger partial charge in [0.25, 0.3) is 17.1 Å². The molecular weight excluding hydrogens is 458 g/mol. The topological polar surface area (TPSA) is 128 Å². The third kappa shape index (κ3) is 5.59. The monoisotopic (exact) mass is 475 g/mol. The molecule has 0 bridgehead atoms. The Labute approximate surface area is 192 Å². The van der Waals surface area contributed by atoms with E-state index in [9.17, 15) is 19.2 Å². The normalized spacial score (nSPS) is 14.6. The smallest absolute Gasteiger partial charge is 0.294 e. The zero-order chi connectivity index (χ0) is 23.3. The quantitative estimate of drug-likeness (QED) is 0.562. The summed E-state index contributed by atoms with van der Waals surface area (Å²) in [5.41, 5.74) is 5.97. The molecule has 3 rings (SSSR count). The number of benzene rings is 2. The van der Waals surface area contributed by atoms with Crippen LogP contribution in [0.15, 0.2) is 47.4 Å². The lowest BCUT2D eigenvalue weighted by Crippen LogP contribution is -2.36. The summed E-state index contributed by atoms with van der Waals surface area (Å²) in [6, 6.07) is 11.3. The highest BCUT2D eigenvalue weighted by Gasteiger charge is 2.36. The molecule has 11 heteroatoms. The van der Waals surface area contributed by atoms with E-state index in [4.69, 9.17) is 26.8 Å². The number of carbonyl (C=O) groups excluding carboxylic acids is 4. The molecule has 0 spiro atoms. The third-order valence-electron chi connectivity index (χ3n) is 4.19. The molecule has 2 aromatic carbocycles. The standard InChI is InChI=1S/C21H18ClN3O6S/c1-30-16-7-6-13(9-14(16)22)24-19(27)10-25-20(28)17(32-21(25)29)8-12-4-2-3-5-15(12)31-11-18(23)26/h2-9H,10-11H2,1H3,(H2,23,26)(H,24,27)/b17-8+. The Morgan fingerprint density at radius 1 is 1.19 bits per heavy atom. The molecule has 4 amide bonds.